The van der Waals surface area contributed by atoms with E-state index in [0.717, 1.165) is 42.8 Å². The van der Waals surface area contributed by atoms with Crippen LogP contribution in [-0.4, -0.2) is 39.2 Å². The molecule has 1 aromatic heterocycles. The van der Waals surface area contributed by atoms with Crippen molar-refractivity contribution < 1.29 is 9.59 Å². The molecule has 2 aliphatic rings. The summed E-state index contributed by atoms with van der Waals surface area (Å²) in [7, 11) is 2.00. The van der Waals surface area contributed by atoms with Gasteiger partial charge in [-0.15, -0.1) is 0 Å². The largest absolute Gasteiger partial charge is 0.342 e. The molecule has 0 saturated carbocycles. The number of aryl methyl sites for hydroxylation is 1. The van der Waals surface area contributed by atoms with E-state index in [9.17, 15) is 9.59 Å². The fraction of sp³-hybridized carbons (Fsp3) is 0.409. The maximum absolute atomic E-state index is 13.0. The lowest BCUT2D eigenvalue weighted by Gasteiger charge is -2.32. The number of likely N-dealkylation sites (tertiary alicyclic amines) is 1. The van der Waals surface area contributed by atoms with Crippen molar-refractivity contribution in [3.63, 3.8) is 0 Å². The second kappa shape index (κ2) is 7.51. The zero-order valence-electron chi connectivity index (χ0n) is 15.7. The number of piperidine rings is 1. The highest BCUT2D eigenvalue weighted by Gasteiger charge is 2.30. The monoisotopic (exact) mass is 363 g/mol. The van der Waals surface area contributed by atoms with Crippen LogP contribution in [0.3, 0.4) is 0 Å². The molecule has 0 radical (unpaired) electrons. The Labute approximate surface area is 159 Å². The molecule has 1 saturated heterocycles. The molecule has 5 heteroatoms. The van der Waals surface area contributed by atoms with Gasteiger partial charge >= 0.3 is 0 Å². The third kappa shape index (κ3) is 3.59. The van der Waals surface area contributed by atoms with Crippen LogP contribution in [0.2, 0.25) is 0 Å². The summed E-state index contributed by atoms with van der Waals surface area (Å²) in [6.07, 6.45) is 7.25. The van der Waals surface area contributed by atoms with Gasteiger partial charge in [0.2, 0.25) is 5.91 Å². The van der Waals surface area contributed by atoms with Crippen molar-refractivity contribution in [1.29, 1.82) is 0 Å². The Kier molecular flexibility index (Phi) is 4.92. The Bertz CT molecular complexity index is 882. The van der Waals surface area contributed by atoms with Crippen molar-refractivity contribution >= 4 is 17.3 Å². The van der Waals surface area contributed by atoms with Crippen molar-refractivity contribution in [3.8, 4) is 0 Å². The van der Waals surface area contributed by atoms with Gasteiger partial charge in [-0.1, -0.05) is 30.3 Å². The first-order chi connectivity index (χ1) is 13.1. The maximum atomic E-state index is 13.0. The predicted octanol–water partition coefficient (Wildman–Crippen LogP) is 3.33. The summed E-state index contributed by atoms with van der Waals surface area (Å²) in [5.41, 5.74) is 2.83. The quantitative estimate of drug-likeness (QED) is 0.837. The lowest BCUT2D eigenvalue weighted by molar-refractivity contribution is -0.132. The van der Waals surface area contributed by atoms with E-state index in [1.807, 2.05) is 59.2 Å². The van der Waals surface area contributed by atoms with Gasteiger partial charge in [-0.25, -0.2) is 4.98 Å². The first-order valence-electron chi connectivity index (χ1n) is 9.69. The normalized spacial score (nSPS) is 20.4. The highest BCUT2D eigenvalue weighted by molar-refractivity contribution is 6.10. The molecule has 1 atom stereocenters. The first-order valence-corrected chi connectivity index (χ1v) is 9.69. The second-order valence-electron chi connectivity index (χ2n) is 7.50. The molecule has 2 heterocycles. The molecule has 0 spiro atoms. The van der Waals surface area contributed by atoms with E-state index in [2.05, 4.69) is 4.98 Å². The summed E-state index contributed by atoms with van der Waals surface area (Å²) in [5.74, 6) is 1.49. The van der Waals surface area contributed by atoms with Gasteiger partial charge in [0.1, 0.15) is 5.82 Å². The van der Waals surface area contributed by atoms with E-state index >= 15 is 0 Å². The highest BCUT2D eigenvalue weighted by atomic mass is 16.2. The van der Waals surface area contributed by atoms with E-state index in [1.165, 1.54) is 0 Å². The first kappa shape index (κ1) is 17.7. The number of benzene rings is 1. The average Bonchev–Trinajstić information content (AvgIpc) is 3.28. The van der Waals surface area contributed by atoms with Gasteiger partial charge in [0.05, 0.1) is 6.42 Å². The fourth-order valence-electron chi connectivity index (χ4n) is 4.32. The van der Waals surface area contributed by atoms with Gasteiger partial charge in [0.25, 0.3) is 0 Å². The van der Waals surface area contributed by atoms with Crippen LogP contribution in [0.25, 0.3) is 5.57 Å². The second-order valence-corrected chi connectivity index (χ2v) is 7.50. The molecular weight excluding hydrogens is 338 g/mol. The third-order valence-corrected chi connectivity index (χ3v) is 5.75. The lowest BCUT2D eigenvalue weighted by Crippen LogP contribution is -2.40. The topological polar surface area (TPSA) is 55.2 Å². The van der Waals surface area contributed by atoms with Crippen molar-refractivity contribution in [2.24, 2.45) is 7.05 Å². The Hall–Kier alpha value is -2.69. The van der Waals surface area contributed by atoms with Crippen molar-refractivity contribution in [1.82, 2.24) is 14.5 Å². The molecule has 0 unspecified atom stereocenters. The minimum Gasteiger partial charge on any atom is -0.342 e. The zero-order chi connectivity index (χ0) is 18.8. The van der Waals surface area contributed by atoms with Crippen LogP contribution in [0.1, 0.15) is 49.4 Å². The molecule has 1 fully saturated rings. The Balaban J connectivity index is 1.51. The number of hydrogen-bond acceptors (Lipinski definition) is 3. The molecule has 1 aromatic carbocycles. The molecule has 4 rings (SSSR count). The highest BCUT2D eigenvalue weighted by Crippen LogP contribution is 2.34. The molecule has 2 aromatic rings. The van der Waals surface area contributed by atoms with E-state index in [4.69, 9.17) is 0 Å². The molecule has 1 aliphatic carbocycles. The van der Waals surface area contributed by atoms with E-state index in [0.29, 0.717) is 18.5 Å². The number of Topliss-reactive ketones (excluding diaryl/α,β-unsaturated/α-hetero) is 1. The number of nitrogens with zero attached hydrogens (tertiary/aromatic N) is 3. The fourth-order valence-corrected chi connectivity index (χ4v) is 4.32. The Morgan fingerprint density at radius 1 is 1.22 bits per heavy atom. The molecular formula is C22H25N3O2. The SMILES string of the molecule is Cn1ccnc1[C@@H]1CCCN(C(=O)CC2=C(c3ccccc3)CCC2=O)C1. The summed E-state index contributed by atoms with van der Waals surface area (Å²) in [6.45, 7) is 1.45. The van der Waals surface area contributed by atoms with Gasteiger partial charge in [0, 0.05) is 50.4 Å². The number of ketones is 1. The zero-order valence-corrected chi connectivity index (χ0v) is 15.7. The standard InChI is InChI=1S/C22H25N3O2/c1-24-13-11-23-22(24)17-8-5-12-25(15-17)21(27)14-19-18(9-10-20(19)26)16-6-3-2-4-7-16/h2-4,6-7,11,13,17H,5,8-10,12,14-15H2,1H3/t17-/m1/s1. The lowest BCUT2D eigenvalue weighted by atomic mass is 9.95. The summed E-state index contributed by atoms with van der Waals surface area (Å²) in [4.78, 5) is 31.8. The van der Waals surface area contributed by atoms with Crippen molar-refractivity contribution in [2.45, 2.75) is 38.0 Å². The average molecular weight is 363 g/mol. The van der Waals surface area contributed by atoms with Gasteiger partial charge in [-0.2, -0.15) is 0 Å². The van der Waals surface area contributed by atoms with Crippen LogP contribution in [-0.2, 0) is 16.6 Å². The number of rotatable bonds is 4. The number of hydrogen-bond donors (Lipinski definition) is 0. The minimum absolute atomic E-state index is 0.0626. The van der Waals surface area contributed by atoms with Crippen molar-refractivity contribution in [2.75, 3.05) is 13.1 Å². The van der Waals surface area contributed by atoms with Gasteiger partial charge in [0.15, 0.2) is 5.78 Å². The molecule has 5 nitrogen and oxygen atoms in total. The van der Waals surface area contributed by atoms with E-state index < -0.39 is 0 Å². The van der Waals surface area contributed by atoms with Crippen molar-refractivity contribution in [3.05, 3.63) is 59.7 Å². The van der Waals surface area contributed by atoms with E-state index in [1.54, 1.807) is 0 Å². The third-order valence-electron chi connectivity index (χ3n) is 5.75. The number of carbonyl (C=O) groups excluding carboxylic acids is 2. The summed E-state index contributed by atoms with van der Waals surface area (Å²) in [6, 6.07) is 9.98. The predicted molar refractivity (Wildman–Crippen MR) is 104 cm³/mol. The number of aromatic nitrogens is 2. The van der Waals surface area contributed by atoms with Crippen LogP contribution in [0.15, 0.2) is 48.3 Å². The van der Waals surface area contributed by atoms with E-state index in [-0.39, 0.29) is 24.0 Å². The van der Waals surface area contributed by atoms with Crippen LogP contribution in [0, 0.1) is 0 Å². The summed E-state index contributed by atoms with van der Waals surface area (Å²) in [5, 5.41) is 0. The Morgan fingerprint density at radius 3 is 2.78 bits per heavy atom. The number of allylic oxidation sites excluding steroid dienone is 1. The van der Waals surface area contributed by atoms with Crippen LogP contribution < -0.4 is 0 Å². The molecule has 0 bridgehead atoms. The molecule has 1 amide bonds. The number of carbonyl (C=O) groups is 2. The smallest absolute Gasteiger partial charge is 0.227 e. The minimum atomic E-state index is 0.0626. The number of amides is 1. The molecule has 140 valence electrons. The van der Waals surface area contributed by atoms with Gasteiger partial charge in [-0.05, 0) is 30.4 Å². The molecule has 1 aliphatic heterocycles. The van der Waals surface area contributed by atoms with Crippen LogP contribution in [0.5, 0.6) is 0 Å². The van der Waals surface area contributed by atoms with Crippen LogP contribution >= 0.6 is 0 Å². The number of imidazole rings is 1. The Morgan fingerprint density at radius 2 is 2.04 bits per heavy atom. The van der Waals surface area contributed by atoms with Gasteiger partial charge < -0.3 is 9.47 Å². The maximum Gasteiger partial charge on any atom is 0.227 e. The molecule has 0 N–H and O–H groups in total. The van der Waals surface area contributed by atoms with Gasteiger partial charge in [-0.3, -0.25) is 9.59 Å². The molecule has 27 heavy (non-hydrogen) atoms. The summed E-state index contributed by atoms with van der Waals surface area (Å²) >= 11 is 0. The summed E-state index contributed by atoms with van der Waals surface area (Å²) < 4.78 is 2.04. The van der Waals surface area contributed by atoms with Crippen LogP contribution in [0.4, 0.5) is 0 Å².